The molecule has 1 heterocycles. The molecule has 4 heteroatoms. The normalized spacial score (nSPS) is 18.5. The summed E-state index contributed by atoms with van der Waals surface area (Å²) >= 11 is 0. The molecular formula is C20H19NO3. The Morgan fingerprint density at radius 1 is 1.21 bits per heavy atom. The summed E-state index contributed by atoms with van der Waals surface area (Å²) < 4.78 is 5.95. The number of rotatable bonds is 2. The highest BCUT2D eigenvalue weighted by atomic mass is 16.4. The number of amides is 1. The highest BCUT2D eigenvalue weighted by Crippen LogP contribution is 2.46. The van der Waals surface area contributed by atoms with Gasteiger partial charge in [0.15, 0.2) is 0 Å². The lowest BCUT2D eigenvalue weighted by Crippen LogP contribution is -2.34. The van der Waals surface area contributed by atoms with Crippen LogP contribution in [-0.2, 0) is 6.42 Å². The number of para-hydroxylation sites is 1. The summed E-state index contributed by atoms with van der Waals surface area (Å²) in [6, 6.07) is 16.0. The number of hydrogen-bond donors (Lipinski definition) is 2. The number of nitrogens with one attached hydrogen (secondary N) is 1. The van der Waals surface area contributed by atoms with Gasteiger partial charge in [-0.2, -0.15) is 0 Å². The summed E-state index contributed by atoms with van der Waals surface area (Å²) in [5, 5.41) is 12.9. The van der Waals surface area contributed by atoms with Crippen LogP contribution in [0.2, 0.25) is 0 Å². The Bertz CT molecular complexity index is 906. The van der Waals surface area contributed by atoms with E-state index in [1.807, 2.05) is 42.5 Å². The Hall–Kier alpha value is -2.75. The molecule has 1 aliphatic rings. The SMILES string of the molecule is CC1(C)Cc2cc(-c3cc4ccccc4o3)ccc2C1NC(=O)O. The van der Waals surface area contributed by atoms with E-state index in [4.69, 9.17) is 9.52 Å². The molecule has 24 heavy (non-hydrogen) atoms. The van der Waals surface area contributed by atoms with Crippen molar-refractivity contribution in [3.63, 3.8) is 0 Å². The van der Waals surface area contributed by atoms with Gasteiger partial charge in [-0.05, 0) is 41.2 Å². The number of benzene rings is 2. The molecule has 0 spiro atoms. The molecule has 1 aromatic heterocycles. The van der Waals surface area contributed by atoms with Gasteiger partial charge in [-0.3, -0.25) is 0 Å². The van der Waals surface area contributed by atoms with Crippen LogP contribution in [0.15, 0.2) is 52.9 Å². The van der Waals surface area contributed by atoms with E-state index in [-0.39, 0.29) is 11.5 Å². The first-order valence-electron chi connectivity index (χ1n) is 8.05. The quantitative estimate of drug-likeness (QED) is 0.699. The third-order valence-electron chi connectivity index (χ3n) is 4.86. The molecule has 4 rings (SSSR count). The smallest absolute Gasteiger partial charge is 0.405 e. The lowest BCUT2D eigenvalue weighted by atomic mass is 9.85. The van der Waals surface area contributed by atoms with E-state index in [1.165, 1.54) is 5.56 Å². The Morgan fingerprint density at radius 2 is 2.00 bits per heavy atom. The molecule has 0 saturated heterocycles. The summed E-state index contributed by atoms with van der Waals surface area (Å²) in [7, 11) is 0. The monoisotopic (exact) mass is 321 g/mol. The molecular weight excluding hydrogens is 302 g/mol. The first kappa shape index (κ1) is 14.8. The highest BCUT2D eigenvalue weighted by Gasteiger charge is 2.40. The zero-order valence-electron chi connectivity index (χ0n) is 13.7. The summed E-state index contributed by atoms with van der Waals surface area (Å²) in [6.07, 6.45) is -0.149. The maximum Gasteiger partial charge on any atom is 0.405 e. The third kappa shape index (κ3) is 2.35. The van der Waals surface area contributed by atoms with Crippen molar-refractivity contribution >= 4 is 17.1 Å². The number of hydrogen-bond acceptors (Lipinski definition) is 2. The average molecular weight is 321 g/mol. The average Bonchev–Trinajstić information content (AvgIpc) is 3.05. The molecule has 0 bridgehead atoms. The van der Waals surface area contributed by atoms with Crippen LogP contribution in [0.25, 0.3) is 22.3 Å². The van der Waals surface area contributed by atoms with Gasteiger partial charge in [0.2, 0.25) is 0 Å². The van der Waals surface area contributed by atoms with Crippen LogP contribution >= 0.6 is 0 Å². The van der Waals surface area contributed by atoms with E-state index >= 15 is 0 Å². The van der Waals surface area contributed by atoms with Crippen molar-refractivity contribution in [2.75, 3.05) is 0 Å². The summed E-state index contributed by atoms with van der Waals surface area (Å²) in [6.45, 7) is 4.18. The minimum absolute atomic E-state index is 0.146. The van der Waals surface area contributed by atoms with Crippen molar-refractivity contribution < 1.29 is 14.3 Å². The maximum absolute atomic E-state index is 11.1. The first-order chi connectivity index (χ1) is 11.4. The topological polar surface area (TPSA) is 62.5 Å². The lowest BCUT2D eigenvalue weighted by Gasteiger charge is -2.27. The predicted octanol–water partition coefficient (Wildman–Crippen LogP) is 4.99. The van der Waals surface area contributed by atoms with Gasteiger partial charge >= 0.3 is 6.09 Å². The molecule has 1 amide bonds. The fraction of sp³-hybridized carbons (Fsp3) is 0.250. The zero-order valence-corrected chi connectivity index (χ0v) is 13.7. The molecule has 4 nitrogen and oxygen atoms in total. The van der Waals surface area contributed by atoms with E-state index in [1.54, 1.807) is 0 Å². The van der Waals surface area contributed by atoms with Crippen LogP contribution in [-0.4, -0.2) is 11.2 Å². The Labute approximate surface area is 140 Å². The highest BCUT2D eigenvalue weighted by molar-refractivity contribution is 5.83. The van der Waals surface area contributed by atoms with E-state index in [0.29, 0.717) is 0 Å². The summed E-state index contributed by atoms with van der Waals surface area (Å²) in [5.41, 5.74) is 3.99. The second kappa shape index (κ2) is 5.13. The van der Waals surface area contributed by atoms with Gasteiger partial charge in [-0.25, -0.2) is 4.79 Å². The van der Waals surface area contributed by atoms with Crippen LogP contribution in [0.4, 0.5) is 4.79 Å². The Kier molecular flexibility index (Phi) is 3.17. The summed E-state index contributed by atoms with van der Waals surface area (Å²) in [5.74, 6) is 0.839. The Balaban J connectivity index is 1.75. The number of carboxylic acid groups (broad SMARTS) is 1. The van der Waals surface area contributed by atoms with E-state index in [0.717, 1.165) is 34.3 Å². The van der Waals surface area contributed by atoms with Gasteiger partial charge in [0.05, 0.1) is 6.04 Å². The van der Waals surface area contributed by atoms with Gasteiger partial charge < -0.3 is 14.8 Å². The standard InChI is InChI=1S/C20H19NO3/c1-20(2)11-14-9-13(7-8-15(14)18(20)21-19(22)23)17-10-12-5-3-4-6-16(12)24-17/h3-10,18,21H,11H2,1-2H3,(H,22,23). The number of fused-ring (bicyclic) bond motifs is 2. The number of carbonyl (C=O) groups is 1. The lowest BCUT2D eigenvalue weighted by molar-refractivity contribution is 0.175. The van der Waals surface area contributed by atoms with Crippen LogP contribution < -0.4 is 5.32 Å². The predicted molar refractivity (Wildman–Crippen MR) is 93.0 cm³/mol. The van der Waals surface area contributed by atoms with Crippen molar-refractivity contribution in [2.24, 2.45) is 5.41 Å². The molecule has 0 radical (unpaired) electrons. The van der Waals surface area contributed by atoms with Gasteiger partial charge in [0.25, 0.3) is 0 Å². The molecule has 1 unspecified atom stereocenters. The Morgan fingerprint density at radius 3 is 2.75 bits per heavy atom. The zero-order chi connectivity index (χ0) is 16.9. The van der Waals surface area contributed by atoms with Gasteiger partial charge in [0, 0.05) is 10.9 Å². The van der Waals surface area contributed by atoms with Crippen molar-refractivity contribution in [3.05, 3.63) is 59.7 Å². The van der Waals surface area contributed by atoms with E-state index in [9.17, 15) is 4.79 Å². The molecule has 122 valence electrons. The van der Waals surface area contributed by atoms with Gasteiger partial charge in [0.1, 0.15) is 11.3 Å². The molecule has 3 aromatic rings. The minimum atomic E-state index is -0.984. The van der Waals surface area contributed by atoms with Crippen molar-refractivity contribution in [3.8, 4) is 11.3 Å². The second-order valence-corrected chi connectivity index (χ2v) is 7.11. The fourth-order valence-corrected chi connectivity index (χ4v) is 3.73. The molecule has 0 saturated carbocycles. The minimum Gasteiger partial charge on any atom is -0.465 e. The second-order valence-electron chi connectivity index (χ2n) is 7.11. The molecule has 1 aliphatic carbocycles. The molecule has 1 atom stereocenters. The molecule has 0 aliphatic heterocycles. The van der Waals surface area contributed by atoms with E-state index < -0.39 is 6.09 Å². The van der Waals surface area contributed by atoms with Crippen molar-refractivity contribution in [2.45, 2.75) is 26.3 Å². The van der Waals surface area contributed by atoms with Crippen molar-refractivity contribution in [1.82, 2.24) is 5.32 Å². The van der Waals surface area contributed by atoms with Crippen LogP contribution in [0.3, 0.4) is 0 Å². The maximum atomic E-state index is 11.1. The van der Waals surface area contributed by atoms with Crippen LogP contribution in [0.1, 0.15) is 31.0 Å². The fourth-order valence-electron chi connectivity index (χ4n) is 3.73. The summed E-state index contributed by atoms with van der Waals surface area (Å²) in [4.78, 5) is 11.1. The first-order valence-corrected chi connectivity index (χ1v) is 8.05. The van der Waals surface area contributed by atoms with Crippen LogP contribution in [0, 0.1) is 5.41 Å². The third-order valence-corrected chi connectivity index (χ3v) is 4.86. The van der Waals surface area contributed by atoms with Crippen molar-refractivity contribution in [1.29, 1.82) is 0 Å². The van der Waals surface area contributed by atoms with Crippen LogP contribution in [0.5, 0.6) is 0 Å². The number of furan rings is 1. The van der Waals surface area contributed by atoms with E-state index in [2.05, 4.69) is 25.2 Å². The molecule has 2 aromatic carbocycles. The molecule has 0 fully saturated rings. The van der Waals surface area contributed by atoms with Gasteiger partial charge in [-0.1, -0.05) is 44.2 Å². The molecule has 2 N–H and O–H groups in total. The van der Waals surface area contributed by atoms with Gasteiger partial charge in [-0.15, -0.1) is 0 Å². The largest absolute Gasteiger partial charge is 0.465 e.